The van der Waals surface area contributed by atoms with Gasteiger partial charge in [-0.1, -0.05) is 12.1 Å². The smallest absolute Gasteiger partial charge is 0.325 e. The van der Waals surface area contributed by atoms with Crippen LogP contribution >= 0.6 is 11.3 Å². The summed E-state index contributed by atoms with van der Waals surface area (Å²) in [6.45, 7) is 3.51. The van der Waals surface area contributed by atoms with Gasteiger partial charge >= 0.3 is 6.03 Å². The first-order chi connectivity index (χ1) is 11.9. The Labute approximate surface area is 149 Å². The fourth-order valence-electron chi connectivity index (χ4n) is 2.45. The Balaban J connectivity index is 1.69. The highest BCUT2D eigenvalue weighted by atomic mass is 32.1. The van der Waals surface area contributed by atoms with Crippen molar-refractivity contribution >= 4 is 40.9 Å². The summed E-state index contributed by atoms with van der Waals surface area (Å²) < 4.78 is 0. The molecule has 2 N–H and O–H groups in total. The molecule has 128 valence electrons. The molecular formula is C18H17N3O3S. The molecule has 0 bridgehead atoms. The highest BCUT2D eigenvalue weighted by Crippen LogP contribution is 2.21. The topological polar surface area (TPSA) is 78.5 Å². The van der Waals surface area contributed by atoms with Crippen molar-refractivity contribution < 1.29 is 14.4 Å². The van der Waals surface area contributed by atoms with Crippen molar-refractivity contribution in [2.45, 2.75) is 13.8 Å². The van der Waals surface area contributed by atoms with Crippen molar-refractivity contribution in [2.75, 3.05) is 11.9 Å². The monoisotopic (exact) mass is 355 g/mol. The van der Waals surface area contributed by atoms with Crippen LogP contribution in [-0.4, -0.2) is 29.3 Å². The predicted octanol–water partition coefficient (Wildman–Crippen LogP) is 2.90. The number of rotatable bonds is 4. The summed E-state index contributed by atoms with van der Waals surface area (Å²) in [5, 5.41) is 7.13. The van der Waals surface area contributed by atoms with Crippen LogP contribution in [0, 0.1) is 13.8 Å². The van der Waals surface area contributed by atoms with Crippen molar-refractivity contribution in [2.24, 2.45) is 0 Å². The lowest BCUT2D eigenvalue weighted by Gasteiger charge is -2.12. The third-order valence-electron chi connectivity index (χ3n) is 3.74. The van der Waals surface area contributed by atoms with Crippen molar-refractivity contribution in [1.82, 2.24) is 10.2 Å². The summed E-state index contributed by atoms with van der Waals surface area (Å²) in [5.74, 6) is -0.931. The van der Waals surface area contributed by atoms with E-state index in [0.717, 1.165) is 20.9 Å². The highest BCUT2D eigenvalue weighted by molar-refractivity contribution is 7.11. The van der Waals surface area contributed by atoms with E-state index in [9.17, 15) is 14.4 Å². The lowest BCUT2D eigenvalue weighted by atomic mass is 10.2. The van der Waals surface area contributed by atoms with Crippen LogP contribution in [-0.2, 0) is 9.59 Å². The Bertz CT molecular complexity index is 885. The number of anilines is 1. The van der Waals surface area contributed by atoms with Gasteiger partial charge in [-0.15, -0.1) is 11.3 Å². The second kappa shape index (κ2) is 6.90. The number of hydrogen-bond acceptors (Lipinski definition) is 4. The summed E-state index contributed by atoms with van der Waals surface area (Å²) in [6.07, 6.45) is 1.64. The third kappa shape index (κ3) is 3.77. The number of nitrogens with zero attached hydrogens (tertiary/aromatic N) is 1. The van der Waals surface area contributed by atoms with Gasteiger partial charge in [-0.3, -0.25) is 9.59 Å². The maximum absolute atomic E-state index is 12.4. The molecule has 1 aliphatic heterocycles. The van der Waals surface area contributed by atoms with Crippen LogP contribution in [0.2, 0.25) is 0 Å². The van der Waals surface area contributed by atoms with Crippen LogP contribution in [0.4, 0.5) is 10.5 Å². The maximum atomic E-state index is 12.4. The van der Waals surface area contributed by atoms with Gasteiger partial charge in [0.2, 0.25) is 5.91 Å². The Kier molecular flexibility index (Phi) is 4.67. The van der Waals surface area contributed by atoms with Crippen molar-refractivity contribution in [3.05, 3.63) is 57.4 Å². The molecule has 2 heterocycles. The number of carbonyl (C=O) groups excluding carboxylic acids is 3. The minimum absolute atomic E-state index is 0.180. The van der Waals surface area contributed by atoms with Crippen LogP contribution in [0.3, 0.4) is 0 Å². The zero-order chi connectivity index (χ0) is 18.0. The van der Waals surface area contributed by atoms with Crippen molar-refractivity contribution in [1.29, 1.82) is 0 Å². The van der Waals surface area contributed by atoms with Gasteiger partial charge in [-0.2, -0.15) is 0 Å². The quantitative estimate of drug-likeness (QED) is 0.654. The SMILES string of the molecule is Cc1cccc(NC(=O)CN2C(=O)N/C(=C/c3sccc3C)C2=O)c1. The molecule has 1 aromatic carbocycles. The van der Waals surface area contributed by atoms with Gasteiger partial charge in [0.1, 0.15) is 12.2 Å². The van der Waals surface area contributed by atoms with Gasteiger partial charge in [-0.05, 0) is 54.6 Å². The molecule has 25 heavy (non-hydrogen) atoms. The van der Waals surface area contributed by atoms with Crippen LogP contribution in [0.1, 0.15) is 16.0 Å². The molecule has 0 aliphatic carbocycles. The standard InChI is InChI=1S/C18H17N3O3S/c1-11-4-3-5-13(8-11)19-16(22)10-21-17(23)14(20-18(21)24)9-15-12(2)6-7-25-15/h3-9H,10H2,1-2H3,(H,19,22)(H,20,24)/b14-9+. The normalized spacial score (nSPS) is 15.6. The van der Waals surface area contributed by atoms with Gasteiger partial charge in [0.15, 0.2) is 0 Å². The molecule has 0 unspecified atom stereocenters. The lowest BCUT2D eigenvalue weighted by molar-refractivity contribution is -0.127. The molecular weight excluding hydrogens is 338 g/mol. The summed E-state index contributed by atoms with van der Waals surface area (Å²) >= 11 is 1.48. The van der Waals surface area contributed by atoms with Crippen molar-refractivity contribution in [3.8, 4) is 0 Å². The van der Waals surface area contributed by atoms with E-state index in [1.165, 1.54) is 11.3 Å². The molecule has 7 heteroatoms. The number of thiophene rings is 1. The summed E-state index contributed by atoms with van der Waals surface area (Å²) in [4.78, 5) is 38.4. The zero-order valence-electron chi connectivity index (χ0n) is 13.8. The molecule has 4 amide bonds. The number of benzene rings is 1. The first kappa shape index (κ1) is 16.9. The van der Waals surface area contributed by atoms with Gasteiger partial charge in [0.25, 0.3) is 5.91 Å². The highest BCUT2D eigenvalue weighted by Gasteiger charge is 2.35. The molecule has 1 aliphatic rings. The average Bonchev–Trinajstić information content (AvgIpc) is 3.06. The Morgan fingerprint density at radius 3 is 2.76 bits per heavy atom. The van der Waals surface area contributed by atoms with E-state index in [4.69, 9.17) is 0 Å². The molecule has 0 saturated carbocycles. The Morgan fingerprint density at radius 1 is 1.28 bits per heavy atom. The molecule has 2 aromatic rings. The minimum atomic E-state index is -0.593. The number of amides is 4. The number of nitrogens with one attached hydrogen (secondary N) is 2. The third-order valence-corrected chi connectivity index (χ3v) is 4.71. The van der Waals surface area contributed by atoms with Gasteiger partial charge in [0, 0.05) is 10.6 Å². The van der Waals surface area contributed by atoms with E-state index in [-0.39, 0.29) is 12.2 Å². The molecule has 1 saturated heterocycles. The largest absolute Gasteiger partial charge is 0.329 e. The second-order valence-corrected chi connectivity index (χ2v) is 6.71. The number of imide groups is 1. The molecule has 0 radical (unpaired) electrons. The van der Waals surface area contributed by atoms with E-state index in [0.29, 0.717) is 5.69 Å². The molecule has 0 spiro atoms. The number of aryl methyl sites for hydroxylation is 2. The molecule has 6 nitrogen and oxygen atoms in total. The fourth-order valence-corrected chi connectivity index (χ4v) is 3.30. The van der Waals surface area contributed by atoms with Crippen molar-refractivity contribution in [3.63, 3.8) is 0 Å². The molecule has 0 atom stereocenters. The van der Waals surface area contributed by atoms with Crippen LogP contribution in [0.5, 0.6) is 0 Å². The Morgan fingerprint density at radius 2 is 2.08 bits per heavy atom. The van der Waals surface area contributed by atoms with Crippen LogP contribution < -0.4 is 10.6 Å². The number of urea groups is 1. The van der Waals surface area contributed by atoms with Crippen LogP contribution in [0.25, 0.3) is 6.08 Å². The average molecular weight is 355 g/mol. The minimum Gasteiger partial charge on any atom is -0.325 e. The first-order valence-electron chi connectivity index (χ1n) is 7.69. The molecule has 1 fully saturated rings. The lowest BCUT2D eigenvalue weighted by Crippen LogP contribution is -2.38. The fraction of sp³-hybridized carbons (Fsp3) is 0.167. The summed E-state index contributed by atoms with van der Waals surface area (Å²) in [6, 6.07) is 8.64. The van der Waals surface area contributed by atoms with Gasteiger partial charge in [0.05, 0.1) is 0 Å². The zero-order valence-corrected chi connectivity index (χ0v) is 14.6. The first-order valence-corrected chi connectivity index (χ1v) is 8.57. The molecule has 1 aromatic heterocycles. The second-order valence-electron chi connectivity index (χ2n) is 5.76. The number of carbonyl (C=O) groups is 3. The number of hydrogen-bond donors (Lipinski definition) is 2. The van der Waals surface area contributed by atoms with E-state index in [1.807, 2.05) is 43.5 Å². The Hall–Kier alpha value is -2.93. The summed E-state index contributed by atoms with van der Waals surface area (Å²) in [5.41, 5.74) is 2.83. The molecule has 3 rings (SSSR count). The van der Waals surface area contributed by atoms with E-state index in [2.05, 4.69) is 10.6 Å². The van der Waals surface area contributed by atoms with E-state index in [1.54, 1.807) is 12.1 Å². The van der Waals surface area contributed by atoms with E-state index >= 15 is 0 Å². The predicted molar refractivity (Wildman–Crippen MR) is 97.1 cm³/mol. The summed E-state index contributed by atoms with van der Waals surface area (Å²) in [7, 11) is 0. The van der Waals surface area contributed by atoms with Crippen LogP contribution in [0.15, 0.2) is 41.4 Å². The maximum Gasteiger partial charge on any atom is 0.329 e. The van der Waals surface area contributed by atoms with Gasteiger partial charge < -0.3 is 10.6 Å². The van der Waals surface area contributed by atoms with Gasteiger partial charge in [-0.25, -0.2) is 9.69 Å². The van der Waals surface area contributed by atoms with E-state index < -0.39 is 17.8 Å².